The van der Waals surface area contributed by atoms with Gasteiger partial charge in [0.2, 0.25) is 5.96 Å². The Labute approximate surface area is 117 Å². The molecule has 0 aliphatic heterocycles. The average molecular weight is 268 g/mol. The quantitative estimate of drug-likeness (QED) is 0.507. The fourth-order valence-corrected chi connectivity index (χ4v) is 1.53. The summed E-state index contributed by atoms with van der Waals surface area (Å²) in [6, 6.07) is 15.3. The Kier molecular flexibility index (Phi) is 4.34. The van der Waals surface area contributed by atoms with Crippen LogP contribution in [0, 0.1) is 6.92 Å². The molecule has 0 aliphatic rings. The van der Waals surface area contributed by atoms with Gasteiger partial charge in [-0.25, -0.2) is 0 Å². The zero-order chi connectivity index (χ0) is 14.4. The summed E-state index contributed by atoms with van der Waals surface area (Å²) in [5.74, 6) is 1.49. The lowest BCUT2D eigenvalue weighted by molar-refractivity contribution is 0.482. The minimum atomic E-state index is -0.0689. The van der Waals surface area contributed by atoms with Crippen LogP contribution >= 0.6 is 0 Å². The number of ether oxygens (including phenoxy) is 1. The molecule has 0 amide bonds. The minimum Gasteiger partial charge on any atom is -0.457 e. The van der Waals surface area contributed by atoms with Crippen LogP contribution < -0.4 is 16.2 Å². The first-order valence-electron chi connectivity index (χ1n) is 6.10. The summed E-state index contributed by atoms with van der Waals surface area (Å²) in [5, 5.41) is 7.27. The first kappa shape index (κ1) is 13.6. The summed E-state index contributed by atoms with van der Waals surface area (Å²) in [4.78, 5) is 0. The lowest BCUT2D eigenvalue weighted by atomic mass is 10.2. The zero-order valence-corrected chi connectivity index (χ0v) is 11.2. The molecular weight excluding hydrogens is 252 g/mol. The van der Waals surface area contributed by atoms with Crippen LogP contribution in [-0.4, -0.2) is 12.2 Å². The van der Waals surface area contributed by atoms with Crippen molar-refractivity contribution in [2.75, 3.05) is 0 Å². The standard InChI is InChI=1S/C15H16N4O/c1-11-2-6-13(7-3-11)20-14-8-4-12(5-9-14)10-18-19-15(16)17/h2-10H,1H3,(H4,16,17,19). The molecule has 4 N–H and O–H groups in total. The van der Waals surface area contributed by atoms with Crippen molar-refractivity contribution in [3.05, 3.63) is 59.7 Å². The number of benzene rings is 2. The van der Waals surface area contributed by atoms with Gasteiger partial charge in [0.1, 0.15) is 11.5 Å². The molecule has 0 aromatic heterocycles. The Bertz CT molecular complexity index is 611. The molecule has 0 saturated carbocycles. The van der Waals surface area contributed by atoms with Gasteiger partial charge >= 0.3 is 0 Å². The van der Waals surface area contributed by atoms with Gasteiger partial charge in [0.15, 0.2) is 0 Å². The maximum Gasteiger partial charge on any atom is 0.211 e. The molecule has 2 aromatic carbocycles. The molecule has 0 atom stereocenters. The third-order valence-electron chi connectivity index (χ3n) is 2.52. The molecule has 0 radical (unpaired) electrons. The fraction of sp³-hybridized carbons (Fsp3) is 0.0667. The summed E-state index contributed by atoms with van der Waals surface area (Å²) in [6.45, 7) is 2.04. The predicted molar refractivity (Wildman–Crippen MR) is 81.1 cm³/mol. The zero-order valence-electron chi connectivity index (χ0n) is 11.2. The lowest BCUT2D eigenvalue weighted by Gasteiger charge is -2.05. The Morgan fingerprint density at radius 3 is 2.05 bits per heavy atom. The van der Waals surface area contributed by atoms with Crippen LogP contribution in [-0.2, 0) is 0 Å². The Balaban J connectivity index is 2.03. The summed E-state index contributed by atoms with van der Waals surface area (Å²) < 4.78 is 5.72. The van der Waals surface area contributed by atoms with Gasteiger partial charge in [-0.3, -0.25) is 0 Å². The van der Waals surface area contributed by atoms with Crippen LogP contribution in [0.2, 0.25) is 0 Å². The second-order valence-corrected chi connectivity index (χ2v) is 4.25. The third-order valence-corrected chi connectivity index (χ3v) is 2.52. The first-order valence-corrected chi connectivity index (χ1v) is 6.10. The molecule has 0 unspecified atom stereocenters. The largest absolute Gasteiger partial charge is 0.457 e. The van der Waals surface area contributed by atoms with Crippen molar-refractivity contribution >= 4 is 12.2 Å². The van der Waals surface area contributed by atoms with Gasteiger partial charge in [-0.1, -0.05) is 17.7 Å². The highest BCUT2D eigenvalue weighted by Crippen LogP contribution is 2.21. The van der Waals surface area contributed by atoms with E-state index in [1.807, 2.05) is 55.5 Å². The lowest BCUT2D eigenvalue weighted by Crippen LogP contribution is -2.21. The van der Waals surface area contributed by atoms with Crippen LogP contribution in [0.4, 0.5) is 0 Å². The Morgan fingerprint density at radius 1 is 0.950 bits per heavy atom. The molecular formula is C15H16N4O. The molecule has 0 heterocycles. The molecule has 102 valence electrons. The Hall–Kier alpha value is -2.82. The molecule has 0 spiro atoms. The van der Waals surface area contributed by atoms with Gasteiger partial charge in [0.05, 0.1) is 6.21 Å². The summed E-state index contributed by atoms with van der Waals surface area (Å²) in [5.41, 5.74) is 12.4. The molecule has 0 saturated heterocycles. The van der Waals surface area contributed by atoms with Crippen molar-refractivity contribution in [1.82, 2.24) is 0 Å². The summed E-state index contributed by atoms with van der Waals surface area (Å²) in [7, 11) is 0. The van der Waals surface area contributed by atoms with E-state index < -0.39 is 0 Å². The SMILES string of the molecule is Cc1ccc(Oc2ccc(C=NN=C(N)N)cc2)cc1. The summed E-state index contributed by atoms with van der Waals surface area (Å²) >= 11 is 0. The van der Waals surface area contributed by atoms with E-state index in [1.165, 1.54) is 5.56 Å². The van der Waals surface area contributed by atoms with Gasteiger partial charge in [-0.15, -0.1) is 5.10 Å². The van der Waals surface area contributed by atoms with Crippen molar-refractivity contribution in [2.24, 2.45) is 21.7 Å². The smallest absolute Gasteiger partial charge is 0.211 e. The van der Waals surface area contributed by atoms with Crippen molar-refractivity contribution in [1.29, 1.82) is 0 Å². The highest BCUT2D eigenvalue weighted by Gasteiger charge is 1.97. The van der Waals surface area contributed by atoms with Crippen molar-refractivity contribution in [3.63, 3.8) is 0 Å². The number of aryl methyl sites for hydroxylation is 1. The van der Waals surface area contributed by atoms with Gasteiger partial charge in [0.25, 0.3) is 0 Å². The fourth-order valence-electron chi connectivity index (χ4n) is 1.53. The Morgan fingerprint density at radius 2 is 1.50 bits per heavy atom. The highest BCUT2D eigenvalue weighted by atomic mass is 16.5. The predicted octanol–water partition coefficient (Wildman–Crippen LogP) is 2.39. The van der Waals surface area contributed by atoms with E-state index in [4.69, 9.17) is 16.2 Å². The van der Waals surface area contributed by atoms with E-state index in [1.54, 1.807) is 6.21 Å². The number of nitrogens with zero attached hydrogens (tertiary/aromatic N) is 2. The number of nitrogens with two attached hydrogens (primary N) is 2. The number of hydrogen-bond acceptors (Lipinski definition) is 3. The average Bonchev–Trinajstić information content (AvgIpc) is 2.43. The van der Waals surface area contributed by atoms with E-state index in [0.29, 0.717) is 0 Å². The van der Waals surface area contributed by atoms with Crippen molar-refractivity contribution in [2.45, 2.75) is 6.92 Å². The second kappa shape index (κ2) is 6.38. The second-order valence-electron chi connectivity index (χ2n) is 4.25. The molecule has 0 fully saturated rings. The van der Waals surface area contributed by atoms with E-state index in [9.17, 15) is 0 Å². The van der Waals surface area contributed by atoms with Crippen LogP contribution in [0.3, 0.4) is 0 Å². The van der Waals surface area contributed by atoms with E-state index in [2.05, 4.69) is 10.2 Å². The minimum absolute atomic E-state index is 0.0689. The molecule has 5 heteroatoms. The maximum atomic E-state index is 5.72. The molecule has 0 aliphatic carbocycles. The van der Waals surface area contributed by atoms with Gasteiger partial charge in [-0.05, 0) is 48.9 Å². The molecule has 2 aromatic rings. The molecule has 20 heavy (non-hydrogen) atoms. The van der Waals surface area contributed by atoms with Crippen molar-refractivity contribution < 1.29 is 4.74 Å². The van der Waals surface area contributed by atoms with Gasteiger partial charge in [-0.2, -0.15) is 5.10 Å². The van der Waals surface area contributed by atoms with Gasteiger partial charge < -0.3 is 16.2 Å². The monoisotopic (exact) mass is 268 g/mol. The normalized spacial score (nSPS) is 10.4. The third kappa shape index (κ3) is 4.13. The van der Waals surface area contributed by atoms with Crippen LogP contribution in [0.1, 0.15) is 11.1 Å². The van der Waals surface area contributed by atoms with E-state index in [0.717, 1.165) is 17.1 Å². The number of guanidine groups is 1. The number of rotatable bonds is 4. The van der Waals surface area contributed by atoms with Gasteiger partial charge in [0, 0.05) is 0 Å². The topological polar surface area (TPSA) is 86.0 Å². The molecule has 5 nitrogen and oxygen atoms in total. The summed E-state index contributed by atoms with van der Waals surface area (Å²) in [6.07, 6.45) is 1.56. The molecule has 2 rings (SSSR count). The number of hydrogen-bond donors (Lipinski definition) is 2. The van der Waals surface area contributed by atoms with Crippen LogP contribution in [0.15, 0.2) is 58.7 Å². The maximum absolute atomic E-state index is 5.72. The highest BCUT2D eigenvalue weighted by molar-refractivity contribution is 5.81. The van der Waals surface area contributed by atoms with Crippen molar-refractivity contribution in [3.8, 4) is 11.5 Å². The van der Waals surface area contributed by atoms with E-state index in [-0.39, 0.29) is 5.96 Å². The van der Waals surface area contributed by atoms with Crippen LogP contribution in [0.5, 0.6) is 11.5 Å². The first-order chi connectivity index (χ1) is 9.63. The molecule has 0 bridgehead atoms. The van der Waals surface area contributed by atoms with Crippen LogP contribution in [0.25, 0.3) is 0 Å². The van der Waals surface area contributed by atoms with E-state index >= 15 is 0 Å².